The van der Waals surface area contributed by atoms with Crippen LogP contribution in [-0.4, -0.2) is 31.8 Å². The number of halogens is 1. The van der Waals surface area contributed by atoms with Gasteiger partial charge in [-0.3, -0.25) is 4.68 Å². The van der Waals surface area contributed by atoms with Crippen molar-refractivity contribution in [1.29, 1.82) is 0 Å². The SMILES string of the molecule is CN(c1ccc2c(cnn2Cc2ccccc2)c1)c1ncnc(Nc2cccc(Br)c2)n1. The minimum Gasteiger partial charge on any atom is -0.324 e. The van der Waals surface area contributed by atoms with Crippen LogP contribution in [0.3, 0.4) is 0 Å². The Kier molecular flexibility index (Phi) is 5.51. The van der Waals surface area contributed by atoms with Crippen LogP contribution in [0.2, 0.25) is 0 Å². The van der Waals surface area contributed by atoms with E-state index in [-0.39, 0.29) is 0 Å². The van der Waals surface area contributed by atoms with Crippen molar-refractivity contribution in [1.82, 2.24) is 24.7 Å². The quantitative estimate of drug-likeness (QED) is 0.340. The number of nitrogens with zero attached hydrogens (tertiary/aromatic N) is 6. The van der Waals surface area contributed by atoms with Gasteiger partial charge in [-0.25, -0.2) is 9.97 Å². The van der Waals surface area contributed by atoms with Crippen molar-refractivity contribution < 1.29 is 0 Å². The number of benzene rings is 3. The molecule has 5 aromatic rings. The topological polar surface area (TPSA) is 71.8 Å². The molecule has 5 rings (SSSR count). The molecular formula is C24H20BrN7. The molecule has 0 amide bonds. The predicted molar refractivity (Wildman–Crippen MR) is 131 cm³/mol. The van der Waals surface area contributed by atoms with Crippen LogP contribution in [0.15, 0.2) is 89.8 Å². The number of hydrogen-bond donors (Lipinski definition) is 1. The molecule has 0 aliphatic heterocycles. The van der Waals surface area contributed by atoms with Gasteiger partial charge in [0.05, 0.1) is 18.3 Å². The number of anilines is 4. The molecule has 32 heavy (non-hydrogen) atoms. The maximum Gasteiger partial charge on any atom is 0.234 e. The van der Waals surface area contributed by atoms with Crippen LogP contribution < -0.4 is 10.2 Å². The Morgan fingerprint density at radius 2 is 1.84 bits per heavy atom. The zero-order chi connectivity index (χ0) is 21.9. The van der Waals surface area contributed by atoms with Crippen molar-refractivity contribution in [3.63, 3.8) is 0 Å². The molecule has 0 bridgehead atoms. The van der Waals surface area contributed by atoms with Crippen LogP contribution >= 0.6 is 15.9 Å². The first kappa shape index (κ1) is 20.1. The van der Waals surface area contributed by atoms with E-state index in [9.17, 15) is 0 Å². The third-order valence-electron chi connectivity index (χ3n) is 5.13. The van der Waals surface area contributed by atoms with Crippen molar-refractivity contribution in [2.75, 3.05) is 17.3 Å². The Labute approximate surface area is 193 Å². The molecule has 0 fully saturated rings. The molecule has 0 saturated heterocycles. The minimum absolute atomic E-state index is 0.483. The summed E-state index contributed by atoms with van der Waals surface area (Å²) in [5.74, 6) is 1.03. The Morgan fingerprint density at radius 3 is 2.69 bits per heavy atom. The first-order chi connectivity index (χ1) is 15.7. The lowest BCUT2D eigenvalue weighted by atomic mass is 10.2. The summed E-state index contributed by atoms with van der Waals surface area (Å²) in [6.07, 6.45) is 3.40. The molecule has 0 spiro atoms. The highest BCUT2D eigenvalue weighted by Gasteiger charge is 2.12. The van der Waals surface area contributed by atoms with Crippen LogP contribution in [0.4, 0.5) is 23.3 Å². The summed E-state index contributed by atoms with van der Waals surface area (Å²) in [5, 5.41) is 8.85. The van der Waals surface area contributed by atoms with E-state index in [0.29, 0.717) is 11.9 Å². The van der Waals surface area contributed by atoms with Crippen molar-refractivity contribution >= 4 is 50.1 Å². The van der Waals surface area contributed by atoms with Gasteiger partial charge >= 0.3 is 0 Å². The van der Waals surface area contributed by atoms with E-state index in [1.165, 1.54) is 11.9 Å². The van der Waals surface area contributed by atoms with Gasteiger partial charge in [0.25, 0.3) is 0 Å². The number of fused-ring (bicyclic) bond motifs is 1. The first-order valence-corrected chi connectivity index (χ1v) is 10.9. The van der Waals surface area contributed by atoms with Gasteiger partial charge in [-0.1, -0.05) is 52.3 Å². The van der Waals surface area contributed by atoms with Crippen LogP contribution in [-0.2, 0) is 6.54 Å². The van der Waals surface area contributed by atoms with Crippen molar-refractivity contribution in [2.24, 2.45) is 0 Å². The summed E-state index contributed by atoms with van der Waals surface area (Å²) in [4.78, 5) is 15.1. The Balaban J connectivity index is 1.38. The molecule has 0 aliphatic carbocycles. The van der Waals surface area contributed by atoms with Gasteiger partial charge in [0, 0.05) is 28.3 Å². The molecule has 3 aromatic carbocycles. The van der Waals surface area contributed by atoms with Crippen LogP contribution in [0.25, 0.3) is 10.9 Å². The van der Waals surface area contributed by atoms with Gasteiger partial charge < -0.3 is 10.2 Å². The summed E-state index contributed by atoms with van der Waals surface area (Å²) in [7, 11) is 1.94. The van der Waals surface area contributed by atoms with Crippen molar-refractivity contribution in [3.05, 3.63) is 95.4 Å². The van der Waals surface area contributed by atoms with E-state index in [1.807, 2.05) is 65.3 Å². The highest BCUT2D eigenvalue weighted by Crippen LogP contribution is 2.26. The number of nitrogens with one attached hydrogen (secondary N) is 1. The van der Waals surface area contributed by atoms with Crippen LogP contribution in [0.1, 0.15) is 5.56 Å². The molecule has 0 radical (unpaired) electrons. The van der Waals surface area contributed by atoms with Crippen LogP contribution in [0, 0.1) is 0 Å². The summed E-state index contributed by atoms with van der Waals surface area (Å²) in [5.41, 5.74) is 4.16. The molecule has 0 saturated carbocycles. The molecule has 0 unspecified atom stereocenters. The number of hydrogen-bond acceptors (Lipinski definition) is 6. The lowest BCUT2D eigenvalue weighted by Crippen LogP contribution is -2.14. The van der Waals surface area contributed by atoms with Gasteiger partial charge in [0.2, 0.25) is 11.9 Å². The van der Waals surface area contributed by atoms with Gasteiger partial charge in [-0.15, -0.1) is 0 Å². The summed E-state index contributed by atoms with van der Waals surface area (Å²) in [6.45, 7) is 0.734. The van der Waals surface area contributed by atoms with Crippen LogP contribution in [0.5, 0.6) is 0 Å². The second-order valence-corrected chi connectivity index (χ2v) is 8.25. The molecule has 0 atom stereocenters. The van der Waals surface area contributed by atoms with Gasteiger partial charge in [0.15, 0.2) is 0 Å². The van der Waals surface area contributed by atoms with Gasteiger partial charge in [-0.05, 0) is 42.0 Å². The largest absolute Gasteiger partial charge is 0.324 e. The van der Waals surface area contributed by atoms with E-state index in [1.54, 1.807) is 0 Å². The molecule has 0 aliphatic rings. The zero-order valence-corrected chi connectivity index (χ0v) is 18.9. The maximum absolute atomic E-state index is 4.57. The zero-order valence-electron chi connectivity index (χ0n) is 17.4. The van der Waals surface area contributed by atoms with E-state index < -0.39 is 0 Å². The Bertz CT molecular complexity index is 1370. The smallest absolute Gasteiger partial charge is 0.234 e. The standard InChI is InChI=1S/C24H20BrN7/c1-31(24-27-16-26-23(30-24)29-20-9-5-8-19(25)13-20)21-10-11-22-18(12-21)14-28-32(22)15-17-6-3-2-4-7-17/h2-14,16H,15H2,1H3,(H,26,27,29,30). The molecule has 2 heterocycles. The number of rotatable bonds is 6. The predicted octanol–water partition coefficient (Wildman–Crippen LogP) is 5.54. The third-order valence-corrected chi connectivity index (χ3v) is 5.62. The minimum atomic E-state index is 0.483. The average molecular weight is 486 g/mol. The molecule has 2 aromatic heterocycles. The molecule has 8 heteroatoms. The summed E-state index contributed by atoms with van der Waals surface area (Å²) >= 11 is 3.48. The molecule has 158 valence electrons. The second-order valence-electron chi connectivity index (χ2n) is 7.33. The maximum atomic E-state index is 4.57. The lowest BCUT2D eigenvalue weighted by Gasteiger charge is -2.17. The van der Waals surface area contributed by atoms with E-state index in [4.69, 9.17) is 0 Å². The first-order valence-electron chi connectivity index (χ1n) is 10.1. The van der Waals surface area contributed by atoms with E-state index >= 15 is 0 Å². The summed E-state index contributed by atoms with van der Waals surface area (Å²) in [6, 6.07) is 24.4. The number of aromatic nitrogens is 5. The van der Waals surface area contributed by atoms with Crippen molar-refractivity contribution in [2.45, 2.75) is 6.54 Å². The monoisotopic (exact) mass is 485 g/mol. The van der Waals surface area contributed by atoms with E-state index in [0.717, 1.165) is 33.3 Å². The fraction of sp³-hybridized carbons (Fsp3) is 0.0833. The highest BCUT2D eigenvalue weighted by molar-refractivity contribution is 9.10. The lowest BCUT2D eigenvalue weighted by molar-refractivity contribution is 0.712. The van der Waals surface area contributed by atoms with Gasteiger partial charge in [0.1, 0.15) is 6.33 Å². The second kappa shape index (κ2) is 8.76. The average Bonchev–Trinajstić information content (AvgIpc) is 3.21. The fourth-order valence-corrected chi connectivity index (χ4v) is 3.88. The fourth-order valence-electron chi connectivity index (χ4n) is 3.49. The third kappa shape index (κ3) is 4.31. The van der Waals surface area contributed by atoms with E-state index in [2.05, 4.69) is 71.6 Å². The molecule has 7 nitrogen and oxygen atoms in total. The molecule has 1 N–H and O–H groups in total. The van der Waals surface area contributed by atoms with Crippen molar-refractivity contribution in [3.8, 4) is 0 Å². The Hall–Kier alpha value is -3.78. The molecular weight excluding hydrogens is 466 g/mol. The normalized spacial score (nSPS) is 10.9. The van der Waals surface area contributed by atoms with Gasteiger partial charge in [-0.2, -0.15) is 10.1 Å². The Morgan fingerprint density at radius 1 is 0.969 bits per heavy atom. The summed E-state index contributed by atoms with van der Waals surface area (Å²) < 4.78 is 2.99. The highest BCUT2D eigenvalue weighted by atomic mass is 79.9.